The Morgan fingerprint density at radius 2 is 1.72 bits per heavy atom. The molecule has 0 saturated carbocycles. The molecular formula is C27H31Cl2N5O2. The number of anilines is 2. The SMILES string of the molecule is Cc1nc2n(c(=O)c1Cc1ccccc1)CN(CCCN1CCOCC1)CN2c1ccc(Cl)cc1Cl. The molecule has 36 heavy (non-hydrogen) atoms. The Labute approximate surface area is 221 Å². The summed E-state index contributed by atoms with van der Waals surface area (Å²) >= 11 is 12.8. The van der Waals surface area contributed by atoms with Crippen LogP contribution in [0.5, 0.6) is 0 Å². The predicted molar refractivity (Wildman–Crippen MR) is 145 cm³/mol. The van der Waals surface area contributed by atoms with Gasteiger partial charge in [0.25, 0.3) is 5.56 Å². The molecule has 9 heteroatoms. The minimum absolute atomic E-state index is 0.00526. The quantitative estimate of drug-likeness (QED) is 0.449. The standard InChI is InChI=1S/C27H31Cl2N5O2/c1-20-23(16-21-6-3-2-4-7-21)26(35)34-19-32(11-5-10-31-12-14-36-15-13-31)18-33(27(34)30-20)25-9-8-22(28)17-24(25)29/h2-4,6-9,17H,5,10-16,18-19H2,1H3. The second-order valence-corrected chi connectivity index (χ2v) is 10.2. The smallest absolute Gasteiger partial charge is 0.259 e. The number of fused-ring (bicyclic) bond motifs is 1. The first kappa shape index (κ1) is 25.2. The molecule has 1 aromatic heterocycles. The van der Waals surface area contributed by atoms with E-state index in [1.807, 2.05) is 54.3 Å². The number of ether oxygens (including phenoxy) is 1. The topological polar surface area (TPSA) is 53.8 Å². The van der Waals surface area contributed by atoms with Gasteiger partial charge in [-0.2, -0.15) is 0 Å². The van der Waals surface area contributed by atoms with Crippen molar-refractivity contribution >= 4 is 34.8 Å². The van der Waals surface area contributed by atoms with Crippen molar-refractivity contribution in [2.75, 3.05) is 51.0 Å². The zero-order valence-corrected chi connectivity index (χ0v) is 22.0. The summed E-state index contributed by atoms with van der Waals surface area (Å²) in [7, 11) is 0. The maximum Gasteiger partial charge on any atom is 0.259 e. The Morgan fingerprint density at radius 3 is 2.47 bits per heavy atom. The average Bonchev–Trinajstić information content (AvgIpc) is 2.88. The summed E-state index contributed by atoms with van der Waals surface area (Å²) in [5.41, 5.74) is 3.34. The van der Waals surface area contributed by atoms with Crippen LogP contribution in [0.25, 0.3) is 0 Å². The molecule has 2 aliphatic rings. The Hall–Kier alpha value is -2.42. The van der Waals surface area contributed by atoms with Gasteiger partial charge >= 0.3 is 0 Å². The van der Waals surface area contributed by atoms with Gasteiger partial charge < -0.3 is 4.74 Å². The number of aromatic nitrogens is 2. The summed E-state index contributed by atoms with van der Waals surface area (Å²) < 4.78 is 7.25. The minimum atomic E-state index is -0.00526. The van der Waals surface area contributed by atoms with Crippen LogP contribution in [0.15, 0.2) is 53.3 Å². The van der Waals surface area contributed by atoms with Crippen LogP contribution in [0.1, 0.15) is 23.2 Å². The summed E-state index contributed by atoms with van der Waals surface area (Å²) in [5.74, 6) is 0.614. The van der Waals surface area contributed by atoms with Crippen molar-refractivity contribution in [1.82, 2.24) is 19.4 Å². The van der Waals surface area contributed by atoms with Gasteiger partial charge in [-0.15, -0.1) is 0 Å². The molecule has 1 saturated heterocycles. The van der Waals surface area contributed by atoms with Gasteiger partial charge in [-0.25, -0.2) is 4.98 Å². The zero-order chi connectivity index (χ0) is 25.1. The van der Waals surface area contributed by atoms with Crippen molar-refractivity contribution in [1.29, 1.82) is 0 Å². The summed E-state index contributed by atoms with van der Waals surface area (Å²) in [6.45, 7) is 8.40. The molecule has 5 rings (SSSR count). The van der Waals surface area contributed by atoms with Crippen LogP contribution in [-0.4, -0.2) is 65.4 Å². The van der Waals surface area contributed by atoms with Crippen LogP contribution in [0, 0.1) is 6.92 Å². The summed E-state index contributed by atoms with van der Waals surface area (Å²) in [5, 5.41) is 1.10. The van der Waals surface area contributed by atoms with Crippen molar-refractivity contribution in [2.24, 2.45) is 0 Å². The molecule has 2 aliphatic heterocycles. The van der Waals surface area contributed by atoms with Crippen molar-refractivity contribution in [3.05, 3.63) is 85.8 Å². The van der Waals surface area contributed by atoms with Crippen LogP contribution in [-0.2, 0) is 17.8 Å². The van der Waals surface area contributed by atoms with Gasteiger partial charge in [0.05, 0.1) is 43.0 Å². The first-order chi connectivity index (χ1) is 17.5. The molecule has 0 radical (unpaired) electrons. The van der Waals surface area contributed by atoms with Gasteiger partial charge in [0.1, 0.15) is 0 Å². The third kappa shape index (κ3) is 5.61. The van der Waals surface area contributed by atoms with E-state index < -0.39 is 0 Å². The fourth-order valence-corrected chi connectivity index (χ4v) is 5.41. The van der Waals surface area contributed by atoms with Crippen LogP contribution >= 0.6 is 23.2 Å². The van der Waals surface area contributed by atoms with Gasteiger partial charge in [-0.05, 0) is 43.7 Å². The molecule has 0 atom stereocenters. The molecule has 0 unspecified atom stereocenters. The van der Waals surface area contributed by atoms with Crippen LogP contribution in [0.4, 0.5) is 11.6 Å². The summed E-state index contributed by atoms with van der Waals surface area (Å²) in [6.07, 6.45) is 1.56. The van der Waals surface area contributed by atoms with E-state index in [-0.39, 0.29) is 5.56 Å². The van der Waals surface area contributed by atoms with Crippen molar-refractivity contribution in [2.45, 2.75) is 26.4 Å². The summed E-state index contributed by atoms with van der Waals surface area (Å²) in [6, 6.07) is 15.5. The predicted octanol–water partition coefficient (Wildman–Crippen LogP) is 4.54. The first-order valence-corrected chi connectivity index (χ1v) is 13.1. The van der Waals surface area contributed by atoms with E-state index in [9.17, 15) is 4.79 Å². The molecule has 2 aromatic carbocycles. The lowest BCUT2D eigenvalue weighted by Crippen LogP contribution is -2.49. The van der Waals surface area contributed by atoms with Crippen LogP contribution < -0.4 is 10.5 Å². The highest BCUT2D eigenvalue weighted by atomic mass is 35.5. The second kappa shape index (κ2) is 11.3. The fourth-order valence-electron chi connectivity index (χ4n) is 4.90. The number of nitrogens with zero attached hydrogens (tertiary/aromatic N) is 5. The van der Waals surface area contributed by atoms with E-state index in [1.54, 1.807) is 10.6 Å². The Balaban J connectivity index is 1.46. The molecule has 190 valence electrons. The van der Waals surface area contributed by atoms with E-state index in [2.05, 4.69) is 9.80 Å². The highest BCUT2D eigenvalue weighted by Crippen LogP contribution is 2.35. The molecule has 0 N–H and O–H groups in total. The average molecular weight is 528 g/mol. The van der Waals surface area contributed by atoms with E-state index in [4.69, 9.17) is 32.9 Å². The third-order valence-corrected chi connectivity index (χ3v) is 7.39. The lowest BCUT2D eigenvalue weighted by molar-refractivity contribution is 0.0354. The van der Waals surface area contributed by atoms with Crippen molar-refractivity contribution in [3.63, 3.8) is 0 Å². The maximum absolute atomic E-state index is 13.8. The molecule has 3 heterocycles. The molecule has 7 nitrogen and oxygen atoms in total. The summed E-state index contributed by atoms with van der Waals surface area (Å²) in [4.78, 5) is 25.5. The number of aryl methyl sites for hydroxylation is 1. The zero-order valence-electron chi connectivity index (χ0n) is 20.5. The molecule has 1 fully saturated rings. The van der Waals surface area contributed by atoms with Gasteiger partial charge in [0, 0.05) is 36.6 Å². The van der Waals surface area contributed by atoms with Gasteiger partial charge in [-0.1, -0.05) is 53.5 Å². The van der Waals surface area contributed by atoms with Crippen molar-refractivity contribution in [3.8, 4) is 0 Å². The molecule has 0 bridgehead atoms. The largest absolute Gasteiger partial charge is 0.379 e. The van der Waals surface area contributed by atoms with E-state index in [1.165, 1.54) is 0 Å². The number of rotatable bonds is 7. The monoisotopic (exact) mass is 527 g/mol. The maximum atomic E-state index is 13.8. The highest BCUT2D eigenvalue weighted by molar-refractivity contribution is 6.36. The highest BCUT2D eigenvalue weighted by Gasteiger charge is 2.29. The Morgan fingerprint density at radius 1 is 0.972 bits per heavy atom. The Bertz CT molecular complexity index is 1260. The second-order valence-electron chi connectivity index (χ2n) is 9.38. The van der Waals surface area contributed by atoms with E-state index >= 15 is 0 Å². The molecule has 0 spiro atoms. The van der Waals surface area contributed by atoms with Crippen molar-refractivity contribution < 1.29 is 4.74 Å². The van der Waals surface area contributed by atoms with Crippen LogP contribution in [0.2, 0.25) is 10.0 Å². The van der Waals surface area contributed by atoms with Gasteiger partial charge in [0.2, 0.25) is 5.95 Å². The molecular weight excluding hydrogens is 497 g/mol. The van der Waals surface area contributed by atoms with E-state index in [0.29, 0.717) is 35.8 Å². The van der Waals surface area contributed by atoms with Gasteiger partial charge in [0.15, 0.2) is 0 Å². The number of morpholine rings is 1. The fraction of sp³-hybridized carbons (Fsp3) is 0.407. The van der Waals surface area contributed by atoms with Gasteiger partial charge in [-0.3, -0.25) is 24.1 Å². The number of benzene rings is 2. The molecule has 0 aliphatic carbocycles. The van der Waals surface area contributed by atoms with E-state index in [0.717, 1.165) is 68.3 Å². The third-order valence-electron chi connectivity index (χ3n) is 6.85. The minimum Gasteiger partial charge on any atom is -0.379 e. The normalized spacial score (nSPS) is 16.8. The molecule has 0 amide bonds. The number of halogens is 2. The lowest BCUT2D eigenvalue weighted by atomic mass is 10.1. The Kier molecular flexibility index (Phi) is 7.93. The first-order valence-electron chi connectivity index (χ1n) is 12.4. The lowest BCUT2D eigenvalue weighted by Gasteiger charge is -2.39. The molecule has 3 aromatic rings. The number of hydrogen-bond acceptors (Lipinski definition) is 6. The number of hydrogen-bond donors (Lipinski definition) is 0. The van der Waals surface area contributed by atoms with Crippen LogP contribution in [0.3, 0.4) is 0 Å².